The summed E-state index contributed by atoms with van der Waals surface area (Å²) in [6, 6.07) is 9.85. The van der Waals surface area contributed by atoms with Gasteiger partial charge in [-0.05, 0) is 50.3 Å². The highest BCUT2D eigenvalue weighted by atomic mass is 16.8. The van der Waals surface area contributed by atoms with Crippen LogP contribution in [0.25, 0.3) is 0 Å². The zero-order valence-electron chi connectivity index (χ0n) is 24.0. The molecule has 1 aromatic rings. The number of ether oxygens (including phenoxy) is 5. The van der Waals surface area contributed by atoms with Gasteiger partial charge in [0.1, 0.15) is 17.8 Å². The fourth-order valence-electron chi connectivity index (χ4n) is 8.34. The third-order valence-electron chi connectivity index (χ3n) is 10.2. The van der Waals surface area contributed by atoms with Gasteiger partial charge in [0.05, 0.1) is 12.2 Å². The van der Waals surface area contributed by atoms with E-state index in [2.05, 4.69) is 27.4 Å². The SMILES string of the molecule is C=C1[C@@H](OC(C)=O)CC[C@@]2(C)[C@H]3OC(C)(C)O[C@@H]3C3=C(C)C(=O)C[C@]4(OC(c5ccccc5)O[C@H]4[C@H]12)C3(C)C. The summed E-state index contributed by atoms with van der Waals surface area (Å²) in [5.41, 5.74) is 1.22. The first-order valence-electron chi connectivity index (χ1n) is 14.1. The molecule has 1 spiro atoms. The van der Waals surface area contributed by atoms with E-state index in [4.69, 9.17) is 23.7 Å². The van der Waals surface area contributed by atoms with Crippen LogP contribution in [-0.2, 0) is 33.3 Å². The maximum atomic E-state index is 13.8. The molecule has 1 unspecified atom stereocenters. The normalized spacial score (nSPS) is 42.2. The topological polar surface area (TPSA) is 80.3 Å². The summed E-state index contributed by atoms with van der Waals surface area (Å²) in [7, 11) is 0. The van der Waals surface area contributed by atoms with E-state index >= 15 is 0 Å². The van der Waals surface area contributed by atoms with Gasteiger partial charge < -0.3 is 23.7 Å². The van der Waals surface area contributed by atoms with Gasteiger partial charge >= 0.3 is 5.97 Å². The average molecular weight is 537 g/mol. The quantitative estimate of drug-likeness (QED) is 0.360. The second-order valence-corrected chi connectivity index (χ2v) is 13.2. The van der Waals surface area contributed by atoms with Crippen molar-refractivity contribution in [1.82, 2.24) is 0 Å². The number of esters is 1. The highest BCUT2D eigenvalue weighted by Crippen LogP contribution is 2.67. The summed E-state index contributed by atoms with van der Waals surface area (Å²) >= 11 is 0. The van der Waals surface area contributed by atoms with Crippen LogP contribution in [-0.4, -0.2) is 47.6 Å². The molecule has 3 aliphatic carbocycles. The molecule has 2 heterocycles. The molecule has 4 fully saturated rings. The number of fused-ring (bicyclic) bond motifs is 6. The van der Waals surface area contributed by atoms with Gasteiger partial charge in [-0.1, -0.05) is 57.7 Å². The van der Waals surface area contributed by atoms with E-state index in [1.165, 1.54) is 6.92 Å². The second-order valence-electron chi connectivity index (χ2n) is 13.2. The molecule has 7 nitrogen and oxygen atoms in total. The molecule has 39 heavy (non-hydrogen) atoms. The number of carbonyl (C=O) groups excluding carboxylic acids is 2. The average Bonchev–Trinajstić information content (AvgIpc) is 3.38. The standard InChI is InChI=1S/C32H40O7/c1-17-21(34)16-32-26(36-28(39-32)20-12-10-9-11-13-20)24-18(2)22(35-19(3)33)14-15-31(24,8)27-25(23(17)29(32,4)5)37-30(6,7)38-27/h9-13,22,24-28H,2,14-16H2,1,3-8H3/t22-,24-,25+,26-,27-,28?,31+,32+/m0/s1. The zero-order valence-corrected chi connectivity index (χ0v) is 24.0. The van der Waals surface area contributed by atoms with Gasteiger partial charge in [0.2, 0.25) is 0 Å². The first-order valence-corrected chi connectivity index (χ1v) is 14.1. The summed E-state index contributed by atoms with van der Waals surface area (Å²) in [5, 5.41) is 0. The van der Waals surface area contributed by atoms with Crippen LogP contribution in [0.1, 0.15) is 79.6 Å². The molecule has 210 valence electrons. The Morgan fingerprint density at radius 1 is 1.03 bits per heavy atom. The Morgan fingerprint density at radius 2 is 1.72 bits per heavy atom. The first-order chi connectivity index (χ1) is 18.2. The molecule has 5 aliphatic rings. The third kappa shape index (κ3) is 3.69. The maximum Gasteiger partial charge on any atom is 0.303 e. The van der Waals surface area contributed by atoms with Crippen LogP contribution in [0.3, 0.4) is 0 Å². The Morgan fingerprint density at radius 3 is 2.38 bits per heavy atom. The molecule has 7 heteroatoms. The van der Waals surface area contributed by atoms with Gasteiger partial charge in [-0.3, -0.25) is 9.59 Å². The number of carbonyl (C=O) groups is 2. The summed E-state index contributed by atoms with van der Waals surface area (Å²) in [6.07, 6.45) is -0.933. The minimum atomic E-state index is -0.993. The molecular formula is C32H40O7. The van der Waals surface area contributed by atoms with E-state index in [-0.39, 0.29) is 30.2 Å². The van der Waals surface area contributed by atoms with E-state index in [0.29, 0.717) is 12.8 Å². The molecule has 0 amide bonds. The number of ketones is 1. The van der Waals surface area contributed by atoms with E-state index in [9.17, 15) is 9.59 Å². The molecule has 0 radical (unpaired) electrons. The van der Waals surface area contributed by atoms with E-state index in [1.807, 2.05) is 51.1 Å². The van der Waals surface area contributed by atoms with E-state index < -0.39 is 46.8 Å². The molecule has 0 N–H and O–H groups in total. The van der Waals surface area contributed by atoms with Crippen molar-refractivity contribution in [1.29, 1.82) is 0 Å². The summed E-state index contributed by atoms with van der Waals surface area (Å²) in [5.74, 6) is -1.48. The molecule has 2 bridgehead atoms. The number of Topliss-reactive ketones (excluding diaryl/α,β-unsaturated/α-hetero) is 1. The van der Waals surface area contributed by atoms with Gasteiger partial charge in [-0.15, -0.1) is 0 Å². The minimum absolute atomic E-state index is 0.0280. The van der Waals surface area contributed by atoms with E-state index in [0.717, 1.165) is 22.3 Å². The van der Waals surface area contributed by atoms with Gasteiger partial charge in [0, 0.05) is 35.7 Å². The van der Waals surface area contributed by atoms with Crippen molar-refractivity contribution in [3.63, 3.8) is 0 Å². The van der Waals surface area contributed by atoms with Gasteiger partial charge in [-0.2, -0.15) is 0 Å². The van der Waals surface area contributed by atoms with Crippen LogP contribution >= 0.6 is 0 Å². The Kier molecular flexibility index (Phi) is 5.92. The zero-order chi connectivity index (χ0) is 28.1. The van der Waals surface area contributed by atoms with Crippen LogP contribution in [0.4, 0.5) is 0 Å². The van der Waals surface area contributed by atoms with Crippen LogP contribution in [0.15, 0.2) is 53.6 Å². The smallest absolute Gasteiger partial charge is 0.303 e. The molecule has 0 aromatic heterocycles. The third-order valence-corrected chi connectivity index (χ3v) is 10.2. The molecule has 8 atom stereocenters. The number of hydrogen-bond acceptors (Lipinski definition) is 7. The van der Waals surface area contributed by atoms with Gasteiger partial charge in [0.25, 0.3) is 0 Å². The summed E-state index contributed by atoms with van der Waals surface area (Å²) < 4.78 is 33.2. The Hall–Kier alpha value is -2.32. The van der Waals surface area contributed by atoms with Crippen molar-refractivity contribution in [3.05, 3.63) is 59.2 Å². The van der Waals surface area contributed by atoms with Crippen LogP contribution in [0.2, 0.25) is 0 Å². The summed E-state index contributed by atoms with van der Waals surface area (Å²) in [6.45, 7) is 18.2. The van der Waals surface area contributed by atoms with Crippen molar-refractivity contribution >= 4 is 11.8 Å². The van der Waals surface area contributed by atoms with Crippen molar-refractivity contribution in [3.8, 4) is 0 Å². The fraction of sp³-hybridized carbons (Fsp3) is 0.625. The lowest BCUT2D eigenvalue weighted by Crippen LogP contribution is -2.68. The van der Waals surface area contributed by atoms with Crippen LogP contribution in [0.5, 0.6) is 0 Å². The minimum Gasteiger partial charge on any atom is -0.458 e. The lowest BCUT2D eigenvalue weighted by Gasteiger charge is -2.60. The van der Waals surface area contributed by atoms with Crippen molar-refractivity contribution in [2.75, 3.05) is 0 Å². The highest BCUT2D eigenvalue weighted by Gasteiger charge is 2.73. The molecule has 2 aliphatic heterocycles. The predicted molar refractivity (Wildman–Crippen MR) is 143 cm³/mol. The maximum absolute atomic E-state index is 13.8. The molecule has 1 aromatic carbocycles. The van der Waals surface area contributed by atoms with Crippen LogP contribution < -0.4 is 0 Å². The van der Waals surface area contributed by atoms with Gasteiger partial charge in [0.15, 0.2) is 17.9 Å². The van der Waals surface area contributed by atoms with Crippen molar-refractivity contribution in [2.45, 2.75) is 110 Å². The second kappa shape index (κ2) is 8.59. The monoisotopic (exact) mass is 536 g/mol. The van der Waals surface area contributed by atoms with Crippen molar-refractivity contribution in [2.24, 2.45) is 16.7 Å². The van der Waals surface area contributed by atoms with E-state index in [1.54, 1.807) is 0 Å². The highest BCUT2D eigenvalue weighted by molar-refractivity contribution is 5.98. The van der Waals surface area contributed by atoms with Gasteiger partial charge in [-0.25, -0.2) is 0 Å². The number of benzene rings is 1. The Bertz CT molecular complexity index is 1260. The Balaban J connectivity index is 1.60. The first kappa shape index (κ1) is 26.9. The lowest BCUT2D eigenvalue weighted by molar-refractivity contribution is -0.177. The number of allylic oxidation sites excluding steroid dienone is 1. The fourth-order valence-corrected chi connectivity index (χ4v) is 8.34. The largest absolute Gasteiger partial charge is 0.458 e. The molecule has 2 saturated heterocycles. The predicted octanol–water partition coefficient (Wildman–Crippen LogP) is 5.59. The number of rotatable bonds is 2. The van der Waals surface area contributed by atoms with Crippen LogP contribution in [0, 0.1) is 16.7 Å². The molecular weight excluding hydrogens is 496 g/mol. The molecule has 6 rings (SSSR count). The molecule has 2 saturated carbocycles. The lowest BCUT2D eigenvalue weighted by atomic mass is 9.48. The summed E-state index contributed by atoms with van der Waals surface area (Å²) in [4.78, 5) is 25.9. The number of hydrogen-bond donors (Lipinski definition) is 0. The Labute approximate surface area is 230 Å². The van der Waals surface area contributed by atoms with Crippen molar-refractivity contribution < 1.29 is 33.3 Å².